The SMILES string of the molecule is CCn1nc(CC(C)C)cc1C(=O)NCc1cc2n(n1)CCCNC2. The molecule has 0 atom stereocenters. The average Bonchev–Trinajstić information content (AvgIpc) is 3.09. The van der Waals surface area contributed by atoms with Gasteiger partial charge in [-0.15, -0.1) is 0 Å². The molecule has 3 heterocycles. The Bertz CT molecular complexity index is 707. The summed E-state index contributed by atoms with van der Waals surface area (Å²) in [4.78, 5) is 12.6. The van der Waals surface area contributed by atoms with E-state index in [1.54, 1.807) is 4.68 Å². The molecule has 0 unspecified atom stereocenters. The van der Waals surface area contributed by atoms with Gasteiger partial charge in [0.25, 0.3) is 5.91 Å². The maximum absolute atomic E-state index is 12.6. The van der Waals surface area contributed by atoms with Gasteiger partial charge in [0.05, 0.1) is 23.6 Å². The monoisotopic (exact) mass is 344 g/mol. The van der Waals surface area contributed by atoms with Gasteiger partial charge in [0.1, 0.15) is 5.69 Å². The Balaban J connectivity index is 1.65. The Morgan fingerprint density at radius 2 is 2.16 bits per heavy atom. The quantitative estimate of drug-likeness (QED) is 0.836. The zero-order chi connectivity index (χ0) is 17.8. The molecule has 0 saturated carbocycles. The predicted molar refractivity (Wildman–Crippen MR) is 96.2 cm³/mol. The summed E-state index contributed by atoms with van der Waals surface area (Å²) in [6.07, 6.45) is 1.96. The van der Waals surface area contributed by atoms with Crippen molar-refractivity contribution in [2.75, 3.05) is 6.54 Å². The molecular weight excluding hydrogens is 316 g/mol. The van der Waals surface area contributed by atoms with E-state index >= 15 is 0 Å². The molecule has 0 radical (unpaired) electrons. The normalized spacial score (nSPS) is 14.4. The molecule has 1 aliphatic rings. The van der Waals surface area contributed by atoms with Crippen molar-refractivity contribution in [1.29, 1.82) is 0 Å². The zero-order valence-electron chi connectivity index (χ0n) is 15.4. The van der Waals surface area contributed by atoms with Gasteiger partial charge in [-0.05, 0) is 44.4 Å². The van der Waals surface area contributed by atoms with Gasteiger partial charge in [0.15, 0.2) is 0 Å². The first-order chi connectivity index (χ1) is 12.1. The number of hydrogen-bond donors (Lipinski definition) is 2. The lowest BCUT2D eigenvalue weighted by Gasteiger charge is -2.05. The summed E-state index contributed by atoms with van der Waals surface area (Å²) in [5.41, 5.74) is 3.68. The second-order valence-electron chi connectivity index (χ2n) is 7.00. The van der Waals surface area contributed by atoms with E-state index in [9.17, 15) is 4.79 Å². The van der Waals surface area contributed by atoms with Crippen molar-refractivity contribution in [3.05, 3.63) is 34.9 Å². The van der Waals surface area contributed by atoms with Crippen LogP contribution in [0.3, 0.4) is 0 Å². The van der Waals surface area contributed by atoms with Crippen molar-refractivity contribution in [3.63, 3.8) is 0 Å². The van der Waals surface area contributed by atoms with Gasteiger partial charge in [-0.2, -0.15) is 10.2 Å². The van der Waals surface area contributed by atoms with Crippen LogP contribution in [0.25, 0.3) is 0 Å². The lowest BCUT2D eigenvalue weighted by molar-refractivity contribution is 0.0939. The van der Waals surface area contributed by atoms with Gasteiger partial charge in [-0.3, -0.25) is 14.2 Å². The molecule has 1 amide bonds. The molecule has 0 aliphatic carbocycles. The highest BCUT2D eigenvalue weighted by Crippen LogP contribution is 2.11. The summed E-state index contributed by atoms with van der Waals surface area (Å²) in [6.45, 7) is 10.2. The first-order valence-electron chi connectivity index (χ1n) is 9.18. The maximum atomic E-state index is 12.6. The summed E-state index contributed by atoms with van der Waals surface area (Å²) in [5.74, 6) is 0.427. The van der Waals surface area contributed by atoms with Gasteiger partial charge in [0.2, 0.25) is 0 Å². The molecule has 0 spiro atoms. The van der Waals surface area contributed by atoms with Crippen molar-refractivity contribution in [1.82, 2.24) is 30.2 Å². The van der Waals surface area contributed by atoms with Gasteiger partial charge in [0, 0.05) is 19.6 Å². The number of carbonyl (C=O) groups is 1. The Labute approximate surface area is 148 Å². The molecule has 25 heavy (non-hydrogen) atoms. The number of fused-ring (bicyclic) bond motifs is 1. The second kappa shape index (κ2) is 7.82. The summed E-state index contributed by atoms with van der Waals surface area (Å²) >= 11 is 0. The fourth-order valence-electron chi connectivity index (χ4n) is 3.18. The molecule has 0 saturated heterocycles. The van der Waals surface area contributed by atoms with Crippen LogP contribution in [0, 0.1) is 5.92 Å². The third kappa shape index (κ3) is 4.28. The molecule has 136 valence electrons. The fraction of sp³-hybridized carbons (Fsp3) is 0.611. The molecule has 2 N–H and O–H groups in total. The van der Waals surface area contributed by atoms with E-state index in [-0.39, 0.29) is 5.91 Å². The number of aromatic nitrogens is 4. The van der Waals surface area contributed by atoms with Crippen LogP contribution in [0.2, 0.25) is 0 Å². The van der Waals surface area contributed by atoms with Crippen LogP contribution in [0.5, 0.6) is 0 Å². The fourth-order valence-corrected chi connectivity index (χ4v) is 3.18. The molecule has 1 aliphatic heterocycles. The average molecular weight is 344 g/mol. The van der Waals surface area contributed by atoms with Crippen molar-refractivity contribution < 1.29 is 4.79 Å². The van der Waals surface area contributed by atoms with Crippen LogP contribution in [0.4, 0.5) is 0 Å². The smallest absolute Gasteiger partial charge is 0.269 e. The van der Waals surface area contributed by atoms with Gasteiger partial charge >= 0.3 is 0 Å². The van der Waals surface area contributed by atoms with Crippen LogP contribution < -0.4 is 10.6 Å². The Morgan fingerprint density at radius 1 is 1.32 bits per heavy atom. The molecule has 2 aromatic heterocycles. The Hall–Kier alpha value is -2.15. The standard InChI is InChI=1S/C18H28N6O/c1-4-23-17(10-14(21-23)8-13(2)3)18(25)20-11-15-9-16-12-19-6-5-7-24(16)22-15/h9-10,13,19H,4-8,11-12H2,1-3H3,(H,20,25). The van der Waals surface area contributed by atoms with Crippen LogP contribution >= 0.6 is 0 Å². The van der Waals surface area contributed by atoms with Crippen LogP contribution in [-0.4, -0.2) is 32.0 Å². The number of carbonyl (C=O) groups excluding carboxylic acids is 1. The Morgan fingerprint density at radius 3 is 2.92 bits per heavy atom. The van der Waals surface area contributed by atoms with Crippen LogP contribution in [0.15, 0.2) is 12.1 Å². The number of hydrogen-bond acceptors (Lipinski definition) is 4. The van der Waals surface area contributed by atoms with Crippen LogP contribution in [0.1, 0.15) is 54.8 Å². The molecular formula is C18H28N6O. The minimum atomic E-state index is -0.0920. The lowest BCUT2D eigenvalue weighted by atomic mass is 10.1. The lowest BCUT2D eigenvalue weighted by Crippen LogP contribution is -2.26. The number of nitrogens with one attached hydrogen (secondary N) is 2. The van der Waals surface area contributed by atoms with Gasteiger partial charge in [-0.1, -0.05) is 13.8 Å². The molecule has 0 aromatic carbocycles. The number of nitrogens with zero attached hydrogens (tertiary/aromatic N) is 4. The predicted octanol–water partition coefficient (Wildman–Crippen LogP) is 1.72. The molecule has 7 heteroatoms. The van der Waals surface area contributed by atoms with E-state index in [2.05, 4.69) is 40.7 Å². The van der Waals surface area contributed by atoms with Gasteiger partial charge in [-0.25, -0.2) is 0 Å². The van der Waals surface area contributed by atoms with E-state index in [1.165, 1.54) is 5.69 Å². The summed E-state index contributed by atoms with van der Waals surface area (Å²) < 4.78 is 3.82. The summed E-state index contributed by atoms with van der Waals surface area (Å²) in [6, 6.07) is 3.98. The van der Waals surface area contributed by atoms with E-state index in [4.69, 9.17) is 0 Å². The highest BCUT2D eigenvalue weighted by molar-refractivity contribution is 5.92. The number of rotatable bonds is 6. The van der Waals surface area contributed by atoms with Crippen LogP contribution in [-0.2, 0) is 32.6 Å². The molecule has 7 nitrogen and oxygen atoms in total. The van der Waals surface area contributed by atoms with E-state index < -0.39 is 0 Å². The van der Waals surface area contributed by atoms with E-state index in [1.807, 2.05) is 17.7 Å². The second-order valence-corrected chi connectivity index (χ2v) is 7.00. The Kier molecular flexibility index (Phi) is 5.53. The first-order valence-corrected chi connectivity index (χ1v) is 9.18. The van der Waals surface area contributed by atoms with E-state index in [0.717, 1.165) is 43.9 Å². The zero-order valence-corrected chi connectivity index (χ0v) is 15.4. The maximum Gasteiger partial charge on any atom is 0.269 e. The molecule has 2 aromatic rings. The largest absolute Gasteiger partial charge is 0.345 e. The molecule has 0 fully saturated rings. The van der Waals surface area contributed by atoms with Crippen molar-refractivity contribution in [2.45, 2.75) is 59.8 Å². The molecule has 0 bridgehead atoms. The van der Waals surface area contributed by atoms with Crippen molar-refractivity contribution in [2.24, 2.45) is 5.92 Å². The topological polar surface area (TPSA) is 76.8 Å². The van der Waals surface area contributed by atoms with Crippen molar-refractivity contribution in [3.8, 4) is 0 Å². The number of amides is 1. The highest BCUT2D eigenvalue weighted by atomic mass is 16.2. The summed E-state index contributed by atoms with van der Waals surface area (Å²) in [7, 11) is 0. The third-order valence-corrected chi connectivity index (χ3v) is 4.35. The third-order valence-electron chi connectivity index (χ3n) is 4.35. The highest BCUT2D eigenvalue weighted by Gasteiger charge is 2.16. The van der Waals surface area contributed by atoms with Crippen molar-refractivity contribution >= 4 is 5.91 Å². The minimum Gasteiger partial charge on any atom is -0.345 e. The summed E-state index contributed by atoms with van der Waals surface area (Å²) in [5, 5.41) is 15.5. The van der Waals surface area contributed by atoms with E-state index in [0.29, 0.717) is 24.7 Å². The molecule has 3 rings (SSSR count). The number of aryl methyl sites for hydroxylation is 2. The van der Waals surface area contributed by atoms with Gasteiger partial charge < -0.3 is 10.6 Å². The minimum absolute atomic E-state index is 0.0920. The first kappa shape index (κ1) is 17.7.